The third-order valence-corrected chi connectivity index (χ3v) is 5.73. The summed E-state index contributed by atoms with van der Waals surface area (Å²) in [6.07, 6.45) is 2.79. The molecule has 26 heavy (non-hydrogen) atoms. The number of nitrogens with zero attached hydrogens (tertiary/aromatic N) is 5. The maximum Gasteiger partial charge on any atom is 0.327 e. The van der Waals surface area contributed by atoms with Crippen molar-refractivity contribution in [2.45, 2.75) is 18.4 Å². The van der Waals surface area contributed by atoms with Gasteiger partial charge in [0.1, 0.15) is 16.9 Å². The van der Waals surface area contributed by atoms with Crippen molar-refractivity contribution in [1.29, 1.82) is 0 Å². The molecule has 4 heterocycles. The van der Waals surface area contributed by atoms with E-state index in [1.165, 1.54) is 16.8 Å². The lowest BCUT2D eigenvalue weighted by Crippen LogP contribution is -2.56. The number of hydrogen-bond acceptors (Lipinski definition) is 4. The fourth-order valence-electron chi connectivity index (χ4n) is 4.00. The number of piperidine rings is 1. The zero-order valence-corrected chi connectivity index (χ0v) is 15.1. The maximum atomic E-state index is 12.8. The van der Waals surface area contributed by atoms with Gasteiger partial charge in [-0.25, -0.2) is 9.78 Å². The predicted molar refractivity (Wildman–Crippen MR) is 94.5 cm³/mol. The molecule has 2 aromatic rings. The number of aryl methyl sites for hydroxylation is 1. The van der Waals surface area contributed by atoms with Gasteiger partial charge in [-0.2, -0.15) is 0 Å². The Kier molecular flexibility index (Phi) is 3.54. The van der Waals surface area contributed by atoms with Gasteiger partial charge in [0.15, 0.2) is 0 Å². The molecule has 2 aliphatic heterocycles. The van der Waals surface area contributed by atoms with Crippen molar-refractivity contribution in [3.63, 3.8) is 0 Å². The number of imide groups is 1. The van der Waals surface area contributed by atoms with Crippen LogP contribution in [0.15, 0.2) is 24.4 Å². The second-order valence-corrected chi connectivity index (χ2v) is 7.07. The second kappa shape index (κ2) is 5.55. The van der Waals surface area contributed by atoms with Crippen molar-refractivity contribution in [2.24, 2.45) is 7.05 Å². The van der Waals surface area contributed by atoms with Crippen molar-refractivity contribution < 1.29 is 14.4 Å². The minimum Gasteiger partial charge on any atom is -0.337 e. The highest BCUT2D eigenvalue weighted by Gasteiger charge is 2.55. The quantitative estimate of drug-likeness (QED) is 0.717. The number of fused-ring (bicyclic) bond motifs is 1. The Morgan fingerprint density at radius 1 is 1.08 bits per heavy atom. The number of hydrogen-bond donors (Lipinski definition) is 0. The second-order valence-electron chi connectivity index (χ2n) is 7.07. The molecule has 0 radical (unpaired) electrons. The van der Waals surface area contributed by atoms with Crippen LogP contribution in [0.25, 0.3) is 11.0 Å². The van der Waals surface area contributed by atoms with Crippen LogP contribution >= 0.6 is 0 Å². The fraction of sp³-hybridized carbons (Fsp3) is 0.444. The minimum absolute atomic E-state index is 0.143. The molecule has 4 rings (SSSR count). The lowest BCUT2D eigenvalue weighted by atomic mass is 9.86. The number of carbonyl (C=O) groups excluding carboxylic acids is 3. The molecule has 0 saturated carbocycles. The number of pyridine rings is 1. The molecule has 2 aliphatic rings. The molecule has 0 bridgehead atoms. The van der Waals surface area contributed by atoms with Gasteiger partial charge in [-0.15, -0.1) is 0 Å². The Balaban J connectivity index is 1.54. The molecule has 4 amide bonds. The Bertz CT molecular complexity index is 926. The van der Waals surface area contributed by atoms with Gasteiger partial charge in [-0.3, -0.25) is 14.5 Å². The van der Waals surface area contributed by atoms with E-state index in [0.29, 0.717) is 31.6 Å². The highest BCUT2D eigenvalue weighted by atomic mass is 16.2. The molecule has 8 nitrogen and oxygen atoms in total. The predicted octanol–water partition coefficient (Wildman–Crippen LogP) is 1.07. The largest absolute Gasteiger partial charge is 0.337 e. The first-order valence-corrected chi connectivity index (χ1v) is 8.62. The molecule has 2 saturated heterocycles. The van der Waals surface area contributed by atoms with Crippen LogP contribution in [0.1, 0.15) is 23.3 Å². The lowest BCUT2D eigenvalue weighted by Gasteiger charge is -2.40. The summed E-state index contributed by atoms with van der Waals surface area (Å²) in [6, 6.07) is 5.30. The average Bonchev–Trinajstić information content (AvgIpc) is 3.11. The third-order valence-electron chi connectivity index (χ3n) is 5.73. The molecule has 0 atom stereocenters. The number of likely N-dealkylation sites (tertiary alicyclic amines) is 1. The number of amides is 4. The Morgan fingerprint density at radius 3 is 2.38 bits per heavy atom. The number of rotatable bonds is 1. The van der Waals surface area contributed by atoms with Crippen molar-refractivity contribution in [3.8, 4) is 0 Å². The first kappa shape index (κ1) is 16.6. The van der Waals surface area contributed by atoms with Gasteiger partial charge in [0.25, 0.3) is 11.8 Å². The van der Waals surface area contributed by atoms with E-state index >= 15 is 0 Å². The Labute approximate surface area is 151 Å². The van der Waals surface area contributed by atoms with E-state index in [2.05, 4.69) is 4.98 Å². The van der Waals surface area contributed by atoms with E-state index < -0.39 is 5.54 Å². The van der Waals surface area contributed by atoms with Crippen LogP contribution < -0.4 is 0 Å². The smallest absolute Gasteiger partial charge is 0.327 e. The van der Waals surface area contributed by atoms with E-state index in [-0.39, 0.29) is 17.8 Å². The van der Waals surface area contributed by atoms with Crippen LogP contribution in [0.2, 0.25) is 0 Å². The third kappa shape index (κ3) is 2.14. The molecule has 0 aromatic carbocycles. The van der Waals surface area contributed by atoms with Crippen molar-refractivity contribution >= 4 is 28.9 Å². The van der Waals surface area contributed by atoms with Crippen LogP contribution in [0.3, 0.4) is 0 Å². The van der Waals surface area contributed by atoms with Gasteiger partial charge in [0.2, 0.25) is 0 Å². The minimum atomic E-state index is -0.821. The van der Waals surface area contributed by atoms with E-state index in [9.17, 15) is 14.4 Å². The molecule has 0 aliphatic carbocycles. The molecule has 8 heteroatoms. The average molecular weight is 355 g/mol. The summed E-state index contributed by atoms with van der Waals surface area (Å²) in [6.45, 7) is 0.839. The number of likely N-dealkylation sites (N-methyl/N-ethyl adjacent to an activating group) is 2. The van der Waals surface area contributed by atoms with Crippen molar-refractivity contribution in [2.75, 3.05) is 27.2 Å². The topological polar surface area (TPSA) is 78.8 Å². The van der Waals surface area contributed by atoms with E-state index in [0.717, 1.165) is 11.0 Å². The van der Waals surface area contributed by atoms with Gasteiger partial charge in [0.05, 0.1) is 0 Å². The van der Waals surface area contributed by atoms with Crippen LogP contribution in [0.5, 0.6) is 0 Å². The monoisotopic (exact) mass is 355 g/mol. The zero-order valence-electron chi connectivity index (χ0n) is 15.1. The summed E-state index contributed by atoms with van der Waals surface area (Å²) >= 11 is 0. The summed E-state index contributed by atoms with van der Waals surface area (Å²) < 4.78 is 1.88. The van der Waals surface area contributed by atoms with Gasteiger partial charge in [-0.05, 0) is 31.0 Å². The zero-order chi connectivity index (χ0) is 18.6. The summed E-state index contributed by atoms with van der Waals surface area (Å²) in [5.41, 5.74) is 0.342. The normalized spacial score (nSPS) is 19.9. The summed E-state index contributed by atoms with van der Waals surface area (Å²) in [5, 5.41) is 0.987. The Hall–Kier alpha value is -2.90. The standard InChI is InChI=1S/C18H21N5O3/c1-20-9-6-12-4-5-13(19-14(12)20)15(24)23-10-7-18(8-11-23)16(25)21(2)17(26)22(18)3/h4-6,9H,7-8,10-11H2,1-3H3. The van der Waals surface area contributed by atoms with E-state index in [1.807, 2.05) is 29.9 Å². The van der Waals surface area contributed by atoms with Crippen LogP contribution in [-0.4, -0.2) is 74.8 Å². The first-order chi connectivity index (χ1) is 12.3. The van der Waals surface area contributed by atoms with Gasteiger partial charge in [-0.1, -0.05) is 0 Å². The summed E-state index contributed by atoms with van der Waals surface area (Å²) in [7, 11) is 5.06. The lowest BCUT2D eigenvalue weighted by molar-refractivity contribution is -0.134. The summed E-state index contributed by atoms with van der Waals surface area (Å²) in [5.74, 6) is -0.323. The van der Waals surface area contributed by atoms with Gasteiger partial charge >= 0.3 is 6.03 Å². The number of urea groups is 1. The Morgan fingerprint density at radius 2 is 1.77 bits per heavy atom. The van der Waals surface area contributed by atoms with Crippen LogP contribution in [0, 0.1) is 0 Å². The molecule has 0 unspecified atom stereocenters. The molecular weight excluding hydrogens is 334 g/mol. The van der Waals surface area contributed by atoms with Crippen molar-refractivity contribution in [1.82, 2.24) is 24.3 Å². The van der Waals surface area contributed by atoms with Crippen molar-refractivity contribution in [3.05, 3.63) is 30.1 Å². The van der Waals surface area contributed by atoms with E-state index in [1.54, 1.807) is 18.0 Å². The van der Waals surface area contributed by atoms with Crippen LogP contribution in [0.4, 0.5) is 4.79 Å². The fourth-order valence-corrected chi connectivity index (χ4v) is 4.00. The van der Waals surface area contributed by atoms with E-state index in [4.69, 9.17) is 0 Å². The van der Waals surface area contributed by atoms with Crippen LogP contribution in [-0.2, 0) is 11.8 Å². The molecule has 136 valence electrons. The molecule has 2 aromatic heterocycles. The molecule has 1 spiro atoms. The molecular formula is C18H21N5O3. The van der Waals surface area contributed by atoms with Gasteiger partial charge in [0, 0.05) is 45.8 Å². The number of aromatic nitrogens is 2. The van der Waals surface area contributed by atoms with Gasteiger partial charge < -0.3 is 14.4 Å². The molecule has 0 N–H and O–H groups in total. The molecule has 2 fully saturated rings. The number of carbonyl (C=O) groups is 3. The highest BCUT2D eigenvalue weighted by Crippen LogP contribution is 2.35. The summed E-state index contributed by atoms with van der Waals surface area (Å²) in [4.78, 5) is 46.4. The highest BCUT2D eigenvalue weighted by molar-refractivity contribution is 6.07. The first-order valence-electron chi connectivity index (χ1n) is 8.62. The maximum absolute atomic E-state index is 12.8. The SMILES string of the molecule is CN1C(=O)N(C)C2(CCN(C(=O)c3ccc4ccn(C)c4n3)CC2)C1=O.